The van der Waals surface area contributed by atoms with Crippen LogP contribution in [0.5, 0.6) is 0 Å². The summed E-state index contributed by atoms with van der Waals surface area (Å²) in [7, 11) is 0. The molecule has 198 valence electrons. The normalized spacial score (nSPS) is 12.6. The van der Waals surface area contributed by atoms with E-state index in [0.29, 0.717) is 16.3 Å². The second-order valence-electron chi connectivity index (χ2n) is 9.62. The molecule has 41 heavy (non-hydrogen) atoms. The van der Waals surface area contributed by atoms with Crippen LogP contribution < -0.4 is 9.80 Å². The third kappa shape index (κ3) is 4.58. The van der Waals surface area contributed by atoms with Crippen molar-refractivity contribution >= 4 is 67.8 Å². The van der Waals surface area contributed by atoms with E-state index in [1.165, 1.54) is 6.07 Å². The molecule has 0 atom stereocenters. The minimum atomic E-state index is -2.32. The zero-order valence-electron chi connectivity index (χ0n) is 24.9. The number of furan rings is 1. The van der Waals surface area contributed by atoms with Gasteiger partial charge in [0.2, 0.25) is 5.71 Å². The van der Waals surface area contributed by atoms with Gasteiger partial charge in [0.15, 0.2) is 0 Å². The lowest BCUT2D eigenvalue weighted by molar-refractivity contribution is 0.652. The summed E-state index contributed by atoms with van der Waals surface area (Å²) in [5.74, 6) is 0. The molecule has 0 bridgehead atoms. The van der Waals surface area contributed by atoms with Crippen LogP contribution in [-0.4, -0.2) is 4.98 Å². The molecule has 0 saturated carbocycles. The van der Waals surface area contributed by atoms with Gasteiger partial charge in [-0.1, -0.05) is 72.3 Å². The lowest BCUT2D eigenvalue weighted by Gasteiger charge is -2.31. The lowest BCUT2D eigenvalue weighted by atomic mass is 10.1. The first-order chi connectivity index (χ1) is 21.4. The molecule has 0 aliphatic carbocycles. The monoisotopic (exact) mass is 554 g/mol. The number of hydrogen-bond acceptors (Lipinski definition) is 4. The second kappa shape index (κ2) is 10.5. The smallest absolute Gasteiger partial charge is 0.227 e. The summed E-state index contributed by atoms with van der Waals surface area (Å²) in [4.78, 5) is 8.57. The summed E-state index contributed by atoms with van der Waals surface area (Å²) < 4.78 is 29.2. The summed E-state index contributed by atoms with van der Waals surface area (Å²) in [5, 5.41) is 2.14. The quantitative estimate of drug-likeness (QED) is 0.204. The maximum atomic E-state index is 7.75. The molecular formula is C36H26ClN3O. The van der Waals surface area contributed by atoms with Crippen molar-refractivity contribution in [2.75, 3.05) is 9.80 Å². The van der Waals surface area contributed by atoms with Crippen LogP contribution in [0.3, 0.4) is 0 Å². The van der Waals surface area contributed by atoms with E-state index in [4.69, 9.17) is 20.1 Å². The third-order valence-electron chi connectivity index (χ3n) is 7.06. The number of rotatable bonds is 6. The van der Waals surface area contributed by atoms with Crippen molar-refractivity contribution in [1.29, 1.82) is 0 Å². The molecule has 0 aliphatic heterocycles. The fourth-order valence-corrected chi connectivity index (χ4v) is 5.52. The number of para-hydroxylation sites is 3. The minimum absolute atomic E-state index is 0.000162. The molecular weight excluding hydrogens is 526 g/mol. The van der Waals surface area contributed by atoms with Crippen LogP contribution in [0.4, 0.5) is 34.1 Å². The van der Waals surface area contributed by atoms with E-state index in [2.05, 4.69) is 39.0 Å². The molecule has 0 radical (unpaired) electrons. The zero-order chi connectivity index (χ0) is 30.3. The highest BCUT2D eigenvalue weighted by Gasteiger charge is 2.22. The van der Waals surface area contributed by atoms with Gasteiger partial charge < -0.3 is 14.2 Å². The summed E-state index contributed by atoms with van der Waals surface area (Å²) in [6, 6.07) is 45.6. The van der Waals surface area contributed by atoms with Crippen molar-refractivity contribution in [3.63, 3.8) is 0 Å². The van der Waals surface area contributed by atoms with Crippen molar-refractivity contribution in [3.8, 4) is 0 Å². The van der Waals surface area contributed by atoms with Gasteiger partial charge in [-0.3, -0.25) is 0 Å². The van der Waals surface area contributed by atoms with Crippen LogP contribution >= 0.6 is 11.6 Å². The highest BCUT2D eigenvalue weighted by Crippen LogP contribution is 2.47. The highest BCUT2D eigenvalue weighted by atomic mass is 35.5. The summed E-state index contributed by atoms with van der Waals surface area (Å²) in [6.45, 7) is -2.32. The maximum absolute atomic E-state index is 7.75. The summed E-state index contributed by atoms with van der Waals surface area (Å²) in [6.07, 6.45) is 0. The number of fused-ring (bicyclic) bond motifs is 3. The molecule has 0 amide bonds. The molecule has 0 saturated heterocycles. The molecule has 0 unspecified atom stereocenters. The number of aryl methyl sites for hydroxylation is 1. The number of halogens is 1. The Kier molecular flexibility index (Phi) is 5.56. The van der Waals surface area contributed by atoms with Crippen LogP contribution in [0.1, 0.15) is 9.81 Å². The minimum Gasteiger partial charge on any atom is -0.438 e. The molecule has 5 aromatic carbocycles. The van der Waals surface area contributed by atoms with E-state index in [-0.39, 0.29) is 5.69 Å². The van der Waals surface area contributed by atoms with Gasteiger partial charge in [0.05, 0.1) is 16.4 Å². The Morgan fingerprint density at radius 1 is 0.585 bits per heavy atom. The molecule has 7 aromatic rings. The van der Waals surface area contributed by atoms with Gasteiger partial charge in [0, 0.05) is 43.3 Å². The maximum Gasteiger partial charge on any atom is 0.227 e. The number of benzene rings is 5. The predicted octanol–water partition coefficient (Wildman–Crippen LogP) is 10.9. The Hall–Kier alpha value is -5.06. The number of nitrogens with zero attached hydrogens (tertiary/aromatic N) is 3. The summed E-state index contributed by atoms with van der Waals surface area (Å²) >= 11 is 7.39. The fourth-order valence-electron chi connectivity index (χ4n) is 5.22. The predicted molar refractivity (Wildman–Crippen MR) is 171 cm³/mol. The molecule has 0 spiro atoms. The van der Waals surface area contributed by atoms with E-state index >= 15 is 0 Å². The van der Waals surface area contributed by atoms with E-state index in [0.717, 1.165) is 44.9 Å². The number of hydrogen-bond donors (Lipinski definition) is 0. The van der Waals surface area contributed by atoms with Gasteiger partial charge in [-0.2, -0.15) is 0 Å². The Bertz CT molecular complexity index is 2040. The van der Waals surface area contributed by atoms with Gasteiger partial charge in [0.25, 0.3) is 0 Å². The van der Waals surface area contributed by atoms with Crippen LogP contribution in [0, 0.1) is 6.85 Å². The molecule has 7 rings (SSSR count). The average Bonchev–Trinajstić information content (AvgIpc) is 3.41. The standard InChI is InChI=1S/C36H26ClN3O/c1-25-20-22-30-31-24-29(21-23-34(31)41-36(30)38-25)40(28-16-9-4-10-17-28)33-19-11-18-32(35(33)37)39(26-12-5-2-6-13-26)27-14-7-3-8-15-27/h2-24H,1H3/i1D3. The van der Waals surface area contributed by atoms with E-state index < -0.39 is 6.85 Å². The van der Waals surface area contributed by atoms with E-state index in [9.17, 15) is 0 Å². The van der Waals surface area contributed by atoms with Crippen LogP contribution in [0.15, 0.2) is 144 Å². The third-order valence-corrected chi connectivity index (χ3v) is 7.45. The second-order valence-corrected chi connectivity index (χ2v) is 10.00. The highest BCUT2D eigenvalue weighted by molar-refractivity contribution is 6.36. The Morgan fingerprint density at radius 3 is 1.71 bits per heavy atom. The van der Waals surface area contributed by atoms with Crippen molar-refractivity contribution in [1.82, 2.24) is 4.98 Å². The summed E-state index contributed by atoms with van der Waals surface area (Å²) in [5.41, 5.74) is 6.29. The zero-order valence-corrected chi connectivity index (χ0v) is 22.7. The largest absolute Gasteiger partial charge is 0.438 e. The molecule has 2 heterocycles. The van der Waals surface area contributed by atoms with Crippen molar-refractivity contribution in [3.05, 3.63) is 150 Å². The van der Waals surface area contributed by atoms with Crippen molar-refractivity contribution in [2.24, 2.45) is 0 Å². The van der Waals surface area contributed by atoms with Gasteiger partial charge >= 0.3 is 0 Å². The van der Waals surface area contributed by atoms with Gasteiger partial charge in [-0.05, 0) is 85.7 Å². The van der Waals surface area contributed by atoms with E-state index in [1.807, 2.05) is 103 Å². The first-order valence-electron chi connectivity index (χ1n) is 14.8. The fraction of sp³-hybridized carbons (Fsp3) is 0.0278. The first-order valence-corrected chi connectivity index (χ1v) is 13.6. The lowest BCUT2D eigenvalue weighted by Crippen LogP contribution is -2.14. The van der Waals surface area contributed by atoms with Crippen LogP contribution in [0.2, 0.25) is 5.02 Å². The molecule has 0 aliphatic rings. The van der Waals surface area contributed by atoms with Gasteiger partial charge in [-0.15, -0.1) is 0 Å². The Morgan fingerprint density at radius 2 is 1.15 bits per heavy atom. The SMILES string of the molecule is [2H]C([2H])([2H])c1ccc2c(n1)oc1ccc(N(c3ccccc3)c3cccc(N(c4ccccc4)c4ccccc4)c3Cl)cc12. The molecule has 5 heteroatoms. The van der Waals surface area contributed by atoms with Crippen LogP contribution in [-0.2, 0) is 0 Å². The molecule has 0 N–H and O–H groups in total. The number of anilines is 6. The first kappa shape index (κ1) is 21.7. The van der Waals surface area contributed by atoms with Crippen LogP contribution in [0.25, 0.3) is 22.1 Å². The number of aromatic nitrogens is 1. The Labute approximate surface area is 247 Å². The molecule has 4 nitrogen and oxygen atoms in total. The van der Waals surface area contributed by atoms with E-state index in [1.54, 1.807) is 6.07 Å². The topological polar surface area (TPSA) is 32.5 Å². The molecule has 0 fully saturated rings. The number of pyridine rings is 1. The van der Waals surface area contributed by atoms with Crippen molar-refractivity contribution < 1.29 is 8.53 Å². The Balaban J connectivity index is 1.41. The van der Waals surface area contributed by atoms with Crippen molar-refractivity contribution in [2.45, 2.75) is 6.85 Å². The van der Waals surface area contributed by atoms with Gasteiger partial charge in [0.1, 0.15) is 5.58 Å². The average molecular weight is 555 g/mol. The van der Waals surface area contributed by atoms with Gasteiger partial charge in [-0.25, -0.2) is 4.98 Å². The molecule has 2 aromatic heterocycles.